The van der Waals surface area contributed by atoms with E-state index in [1.54, 1.807) is 12.1 Å². The van der Waals surface area contributed by atoms with Crippen molar-refractivity contribution in [1.82, 2.24) is 9.80 Å². The number of carbonyl (C=O) groups excluding carboxylic acids is 2. The lowest BCUT2D eigenvalue weighted by Gasteiger charge is -2.34. The third-order valence-electron chi connectivity index (χ3n) is 3.84. The molecular weight excluding hydrogens is 280 g/mol. The molecule has 0 spiro atoms. The van der Waals surface area contributed by atoms with Crippen LogP contribution in [0.4, 0.5) is 0 Å². The summed E-state index contributed by atoms with van der Waals surface area (Å²) in [6.07, 6.45) is 1.50. The van der Waals surface area contributed by atoms with Crippen molar-refractivity contribution < 1.29 is 14.0 Å². The molecule has 5 nitrogen and oxygen atoms in total. The summed E-state index contributed by atoms with van der Waals surface area (Å²) in [4.78, 5) is 28.2. The second-order valence-corrected chi connectivity index (χ2v) is 5.33. The number of carbonyl (C=O) groups is 2. The number of nitrogens with zero attached hydrogens (tertiary/aromatic N) is 2. The molecule has 5 heteroatoms. The first-order valence-electron chi connectivity index (χ1n) is 7.37. The second-order valence-electron chi connectivity index (χ2n) is 5.33. The Morgan fingerprint density at radius 1 is 0.955 bits per heavy atom. The number of hydrogen-bond acceptors (Lipinski definition) is 4. The quantitative estimate of drug-likeness (QED) is 0.809. The van der Waals surface area contributed by atoms with E-state index in [0.29, 0.717) is 44.0 Å². The van der Waals surface area contributed by atoms with Gasteiger partial charge in [0.05, 0.1) is 12.8 Å². The third-order valence-corrected chi connectivity index (χ3v) is 3.84. The number of piperazine rings is 1. The number of benzene rings is 1. The predicted octanol–water partition coefficient (Wildman–Crippen LogP) is 1.92. The number of furan rings is 1. The van der Waals surface area contributed by atoms with E-state index in [-0.39, 0.29) is 11.7 Å². The number of ketones is 1. The average molecular weight is 298 g/mol. The average Bonchev–Trinajstić information content (AvgIpc) is 3.10. The van der Waals surface area contributed by atoms with Gasteiger partial charge in [-0.15, -0.1) is 0 Å². The molecule has 1 aromatic heterocycles. The highest BCUT2D eigenvalue weighted by Gasteiger charge is 2.23. The summed E-state index contributed by atoms with van der Waals surface area (Å²) in [6.45, 7) is 3.01. The Balaban J connectivity index is 1.52. The molecule has 0 unspecified atom stereocenters. The maximum atomic E-state index is 12.3. The van der Waals surface area contributed by atoms with Crippen molar-refractivity contribution in [2.45, 2.75) is 0 Å². The molecule has 0 atom stereocenters. The van der Waals surface area contributed by atoms with Crippen molar-refractivity contribution in [3.63, 3.8) is 0 Å². The van der Waals surface area contributed by atoms with E-state index >= 15 is 0 Å². The van der Waals surface area contributed by atoms with Gasteiger partial charge >= 0.3 is 0 Å². The van der Waals surface area contributed by atoms with Gasteiger partial charge in [-0.1, -0.05) is 18.2 Å². The van der Waals surface area contributed by atoms with Crippen LogP contribution >= 0.6 is 0 Å². The Kier molecular flexibility index (Phi) is 4.34. The van der Waals surface area contributed by atoms with Gasteiger partial charge in [0.2, 0.25) is 5.78 Å². The molecule has 1 aliphatic rings. The van der Waals surface area contributed by atoms with Gasteiger partial charge in [0, 0.05) is 31.7 Å². The zero-order chi connectivity index (χ0) is 15.4. The molecule has 1 amide bonds. The summed E-state index contributed by atoms with van der Waals surface area (Å²) in [5.74, 6) is 0.424. The first-order chi connectivity index (χ1) is 10.7. The standard InChI is InChI=1S/C17H18N2O3/c20-15(16-7-4-12-22-16)13-18-8-10-19(11-9-18)17(21)14-5-2-1-3-6-14/h1-7,12H,8-11,13H2. The summed E-state index contributed by atoms with van der Waals surface area (Å²) in [6, 6.07) is 12.7. The smallest absolute Gasteiger partial charge is 0.253 e. The molecule has 0 radical (unpaired) electrons. The van der Waals surface area contributed by atoms with Crippen LogP contribution in [0, 0.1) is 0 Å². The molecule has 3 rings (SSSR count). The van der Waals surface area contributed by atoms with Gasteiger partial charge in [-0.05, 0) is 24.3 Å². The molecule has 0 aliphatic carbocycles. The molecule has 2 aromatic rings. The predicted molar refractivity (Wildman–Crippen MR) is 81.8 cm³/mol. The summed E-state index contributed by atoms with van der Waals surface area (Å²) in [5, 5.41) is 0. The first kappa shape index (κ1) is 14.5. The molecule has 0 bridgehead atoms. The summed E-state index contributed by atoms with van der Waals surface area (Å²) >= 11 is 0. The first-order valence-corrected chi connectivity index (χ1v) is 7.37. The molecule has 2 heterocycles. The van der Waals surface area contributed by atoms with E-state index in [4.69, 9.17) is 4.42 Å². The van der Waals surface area contributed by atoms with Gasteiger partial charge in [0.25, 0.3) is 5.91 Å². The Bertz CT molecular complexity index is 629. The highest BCUT2D eigenvalue weighted by atomic mass is 16.3. The van der Waals surface area contributed by atoms with E-state index in [1.165, 1.54) is 6.26 Å². The van der Waals surface area contributed by atoms with Crippen molar-refractivity contribution >= 4 is 11.7 Å². The SMILES string of the molecule is O=C(CN1CCN(C(=O)c2ccccc2)CC1)c1ccco1. The van der Waals surface area contributed by atoms with Crippen LogP contribution in [0.5, 0.6) is 0 Å². The third kappa shape index (κ3) is 3.26. The molecule has 0 N–H and O–H groups in total. The zero-order valence-electron chi connectivity index (χ0n) is 12.3. The number of Topliss-reactive ketones (excluding diaryl/α,β-unsaturated/α-hetero) is 1. The van der Waals surface area contributed by atoms with Crippen LogP contribution in [0.25, 0.3) is 0 Å². The van der Waals surface area contributed by atoms with Gasteiger partial charge in [-0.25, -0.2) is 0 Å². The van der Waals surface area contributed by atoms with Crippen molar-refractivity contribution in [3.8, 4) is 0 Å². The Morgan fingerprint density at radius 2 is 1.68 bits per heavy atom. The maximum absolute atomic E-state index is 12.3. The van der Waals surface area contributed by atoms with Crippen LogP contribution in [-0.4, -0.2) is 54.2 Å². The lowest BCUT2D eigenvalue weighted by Crippen LogP contribution is -2.49. The molecule has 114 valence electrons. The Morgan fingerprint density at radius 3 is 2.32 bits per heavy atom. The largest absolute Gasteiger partial charge is 0.461 e. The summed E-state index contributed by atoms with van der Waals surface area (Å²) < 4.78 is 5.11. The Labute approximate surface area is 129 Å². The fourth-order valence-corrected chi connectivity index (χ4v) is 2.59. The van der Waals surface area contributed by atoms with Crippen LogP contribution in [0.15, 0.2) is 53.1 Å². The number of rotatable bonds is 4. The van der Waals surface area contributed by atoms with Crippen LogP contribution in [0.3, 0.4) is 0 Å². The molecule has 1 aromatic carbocycles. The Hall–Kier alpha value is -2.40. The fraction of sp³-hybridized carbons (Fsp3) is 0.294. The van der Waals surface area contributed by atoms with E-state index in [2.05, 4.69) is 4.90 Å². The van der Waals surface area contributed by atoms with Crippen LogP contribution in [0.1, 0.15) is 20.9 Å². The van der Waals surface area contributed by atoms with E-state index in [9.17, 15) is 9.59 Å². The second kappa shape index (κ2) is 6.58. The van der Waals surface area contributed by atoms with Gasteiger partial charge in [0.15, 0.2) is 5.76 Å². The molecule has 1 aliphatic heterocycles. The number of hydrogen-bond donors (Lipinski definition) is 0. The minimum Gasteiger partial charge on any atom is -0.461 e. The van der Waals surface area contributed by atoms with Gasteiger partial charge < -0.3 is 9.32 Å². The summed E-state index contributed by atoms with van der Waals surface area (Å²) in [7, 11) is 0. The molecule has 0 saturated carbocycles. The highest BCUT2D eigenvalue weighted by Crippen LogP contribution is 2.10. The van der Waals surface area contributed by atoms with E-state index in [0.717, 1.165) is 0 Å². The van der Waals surface area contributed by atoms with Crippen molar-refractivity contribution in [1.29, 1.82) is 0 Å². The lowest BCUT2D eigenvalue weighted by molar-refractivity contribution is 0.0620. The summed E-state index contributed by atoms with van der Waals surface area (Å²) in [5.41, 5.74) is 0.711. The van der Waals surface area contributed by atoms with Gasteiger partial charge in [0.1, 0.15) is 0 Å². The minimum atomic E-state index is -0.0205. The molecule has 1 saturated heterocycles. The monoisotopic (exact) mass is 298 g/mol. The lowest BCUT2D eigenvalue weighted by atomic mass is 10.2. The minimum absolute atomic E-state index is 0.0205. The highest BCUT2D eigenvalue weighted by molar-refractivity contribution is 5.95. The zero-order valence-corrected chi connectivity index (χ0v) is 12.3. The van der Waals surface area contributed by atoms with Crippen molar-refractivity contribution in [2.75, 3.05) is 32.7 Å². The molecule has 22 heavy (non-hydrogen) atoms. The van der Waals surface area contributed by atoms with Crippen LogP contribution in [0.2, 0.25) is 0 Å². The van der Waals surface area contributed by atoms with Crippen LogP contribution in [-0.2, 0) is 0 Å². The van der Waals surface area contributed by atoms with Gasteiger partial charge in [-0.3, -0.25) is 14.5 Å². The topological polar surface area (TPSA) is 53.8 Å². The molecule has 1 fully saturated rings. The van der Waals surface area contributed by atoms with Crippen molar-refractivity contribution in [2.24, 2.45) is 0 Å². The maximum Gasteiger partial charge on any atom is 0.253 e. The van der Waals surface area contributed by atoms with Crippen LogP contribution < -0.4 is 0 Å². The van der Waals surface area contributed by atoms with E-state index in [1.807, 2.05) is 35.2 Å². The normalized spacial score (nSPS) is 15.7. The van der Waals surface area contributed by atoms with Crippen molar-refractivity contribution in [3.05, 3.63) is 60.1 Å². The molecular formula is C17H18N2O3. The fourth-order valence-electron chi connectivity index (χ4n) is 2.59. The van der Waals surface area contributed by atoms with Gasteiger partial charge in [-0.2, -0.15) is 0 Å². The van der Waals surface area contributed by atoms with E-state index < -0.39 is 0 Å². The number of amides is 1.